The molecule has 0 radical (unpaired) electrons. The third-order valence-corrected chi connectivity index (χ3v) is 2.98. The van der Waals surface area contributed by atoms with E-state index in [4.69, 9.17) is 5.11 Å². The molecule has 0 aliphatic carbocycles. The lowest BCUT2D eigenvalue weighted by molar-refractivity contribution is 0.273. The van der Waals surface area contributed by atoms with Gasteiger partial charge in [-0.3, -0.25) is 0 Å². The van der Waals surface area contributed by atoms with E-state index in [2.05, 4.69) is 54.6 Å². The second-order valence-electron chi connectivity index (χ2n) is 3.73. The highest BCUT2D eigenvalue weighted by Crippen LogP contribution is 2.20. The second kappa shape index (κ2) is 5.71. The summed E-state index contributed by atoms with van der Waals surface area (Å²) in [6.07, 6.45) is 2.30. The Balaban J connectivity index is 2.94. The number of aliphatic hydroxyl groups excluding tert-OH is 1. The van der Waals surface area contributed by atoms with E-state index >= 15 is 0 Å². The molecule has 1 unspecified atom stereocenters. The fourth-order valence-corrected chi connectivity index (χ4v) is 2.26. The van der Waals surface area contributed by atoms with Crippen molar-refractivity contribution in [2.45, 2.75) is 32.6 Å². The van der Waals surface area contributed by atoms with Crippen molar-refractivity contribution in [3.63, 3.8) is 0 Å². The Bertz CT molecular complexity index is 296. The van der Waals surface area contributed by atoms with Gasteiger partial charge in [0.1, 0.15) is 0 Å². The van der Waals surface area contributed by atoms with E-state index in [1.807, 2.05) is 0 Å². The maximum atomic E-state index is 9.10. The zero-order valence-corrected chi connectivity index (χ0v) is 10.9. The molecule has 2 heteroatoms. The largest absolute Gasteiger partial charge is 0.396 e. The molecule has 78 valence electrons. The lowest BCUT2D eigenvalue weighted by atomic mass is 9.98. The zero-order chi connectivity index (χ0) is 10.6. The minimum Gasteiger partial charge on any atom is -0.396 e. The standard InChI is InChI=1S/C12H17IO/c1-3-4-10-5-11(9(2)8-14)7-12(13)6-10/h5-7,9,14H,3-4,8H2,1-2H3. The SMILES string of the molecule is CCCc1cc(I)cc(C(C)CO)c1. The Labute approximate surface area is 99.7 Å². The predicted octanol–water partition coefficient (Wildman–Crippen LogP) is 3.34. The molecule has 0 bridgehead atoms. The Morgan fingerprint density at radius 2 is 2.07 bits per heavy atom. The summed E-state index contributed by atoms with van der Waals surface area (Å²) in [5.74, 6) is 0.250. The van der Waals surface area contributed by atoms with Crippen molar-refractivity contribution in [1.29, 1.82) is 0 Å². The minimum absolute atomic E-state index is 0.228. The minimum atomic E-state index is 0.228. The van der Waals surface area contributed by atoms with Crippen LogP contribution in [0.2, 0.25) is 0 Å². The Hall–Kier alpha value is -0.0900. The molecular weight excluding hydrogens is 287 g/mol. The number of halogens is 1. The van der Waals surface area contributed by atoms with Crippen molar-refractivity contribution >= 4 is 22.6 Å². The van der Waals surface area contributed by atoms with Gasteiger partial charge in [0, 0.05) is 16.1 Å². The molecule has 0 spiro atoms. The molecule has 0 saturated heterocycles. The van der Waals surface area contributed by atoms with Gasteiger partial charge in [-0.1, -0.05) is 26.3 Å². The van der Waals surface area contributed by atoms with E-state index in [0.29, 0.717) is 0 Å². The Kier molecular flexibility index (Phi) is 4.89. The summed E-state index contributed by atoms with van der Waals surface area (Å²) in [4.78, 5) is 0. The first kappa shape index (κ1) is 12.0. The van der Waals surface area contributed by atoms with Gasteiger partial charge >= 0.3 is 0 Å². The molecule has 0 saturated carbocycles. The van der Waals surface area contributed by atoms with Crippen molar-refractivity contribution in [3.8, 4) is 0 Å². The van der Waals surface area contributed by atoms with Crippen molar-refractivity contribution < 1.29 is 5.11 Å². The lowest BCUT2D eigenvalue weighted by Gasteiger charge is -2.11. The van der Waals surface area contributed by atoms with E-state index in [1.54, 1.807) is 0 Å². The van der Waals surface area contributed by atoms with Crippen LogP contribution in [0.4, 0.5) is 0 Å². The van der Waals surface area contributed by atoms with Crippen LogP contribution in [-0.2, 0) is 6.42 Å². The maximum Gasteiger partial charge on any atom is 0.0497 e. The van der Waals surface area contributed by atoms with Gasteiger partial charge in [0.05, 0.1) is 0 Å². The summed E-state index contributed by atoms with van der Waals surface area (Å²) in [6.45, 7) is 4.47. The second-order valence-corrected chi connectivity index (χ2v) is 4.97. The molecule has 0 aliphatic heterocycles. The number of hydrogen-bond donors (Lipinski definition) is 1. The molecule has 1 rings (SSSR count). The van der Waals surface area contributed by atoms with E-state index in [9.17, 15) is 0 Å². The van der Waals surface area contributed by atoms with Gasteiger partial charge in [-0.15, -0.1) is 0 Å². The summed E-state index contributed by atoms with van der Waals surface area (Å²) in [5, 5.41) is 9.10. The van der Waals surface area contributed by atoms with Crippen molar-refractivity contribution in [2.24, 2.45) is 0 Å². The van der Waals surface area contributed by atoms with Crippen LogP contribution in [0.5, 0.6) is 0 Å². The molecule has 0 heterocycles. The molecular formula is C12H17IO. The van der Waals surface area contributed by atoms with Crippen molar-refractivity contribution in [3.05, 3.63) is 32.9 Å². The molecule has 0 aromatic heterocycles. The van der Waals surface area contributed by atoms with E-state index in [1.165, 1.54) is 21.1 Å². The summed E-state index contributed by atoms with van der Waals surface area (Å²) < 4.78 is 1.27. The van der Waals surface area contributed by atoms with Crippen LogP contribution in [0.15, 0.2) is 18.2 Å². The van der Waals surface area contributed by atoms with Crippen LogP contribution in [-0.4, -0.2) is 11.7 Å². The Morgan fingerprint density at radius 3 is 2.64 bits per heavy atom. The molecule has 1 atom stereocenters. The smallest absolute Gasteiger partial charge is 0.0497 e. The number of rotatable bonds is 4. The molecule has 1 N–H and O–H groups in total. The van der Waals surface area contributed by atoms with Crippen LogP contribution in [0.25, 0.3) is 0 Å². The van der Waals surface area contributed by atoms with Gasteiger partial charge in [0.25, 0.3) is 0 Å². The van der Waals surface area contributed by atoms with Crippen LogP contribution in [0.3, 0.4) is 0 Å². The van der Waals surface area contributed by atoms with Gasteiger partial charge in [0.15, 0.2) is 0 Å². The van der Waals surface area contributed by atoms with E-state index < -0.39 is 0 Å². The molecule has 14 heavy (non-hydrogen) atoms. The highest BCUT2D eigenvalue weighted by atomic mass is 127. The summed E-state index contributed by atoms with van der Waals surface area (Å²) in [7, 11) is 0. The predicted molar refractivity (Wildman–Crippen MR) is 68.7 cm³/mol. The maximum absolute atomic E-state index is 9.10. The quantitative estimate of drug-likeness (QED) is 0.846. The molecule has 0 amide bonds. The number of hydrogen-bond acceptors (Lipinski definition) is 1. The summed E-state index contributed by atoms with van der Waals surface area (Å²) >= 11 is 2.34. The van der Waals surface area contributed by atoms with Crippen LogP contribution in [0.1, 0.15) is 37.3 Å². The number of benzene rings is 1. The van der Waals surface area contributed by atoms with E-state index in [-0.39, 0.29) is 12.5 Å². The molecule has 0 fully saturated rings. The van der Waals surface area contributed by atoms with Gasteiger partial charge < -0.3 is 5.11 Å². The third kappa shape index (κ3) is 3.24. The van der Waals surface area contributed by atoms with Crippen molar-refractivity contribution in [2.75, 3.05) is 6.61 Å². The normalized spacial score (nSPS) is 12.9. The number of aliphatic hydroxyl groups is 1. The first-order valence-corrected chi connectivity index (χ1v) is 6.15. The number of aryl methyl sites for hydroxylation is 1. The zero-order valence-electron chi connectivity index (χ0n) is 8.76. The van der Waals surface area contributed by atoms with Gasteiger partial charge in [-0.25, -0.2) is 0 Å². The average Bonchev–Trinajstić information content (AvgIpc) is 2.16. The van der Waals surface area contributed by atoms with Gasteiger partial charge in [-0.05, 0) is 52.3 Å². The average molecular weight is 304 g/mol. The molecule has 1 aromatic rings. The third-order valence-electron chi connectivity index (χ3n) is 2.36. The lowest BCUT2D eigenvalue weighted by Crippen LogP contribution is -2.00. The summed E-state index contributed by atoms with van der Waals surface area (Å²) in [6, 6.07) is 6.59. The highest BCUT2D eigenvalue weighted by molar-refractivity contribution is 14.1. The van der Waals surface area contributed by atoms with E-state index in [0.717, 1.165) is 6.42 Å². The molecule has 1 nitrogen and oxygen atoms in total. The first-order valence-electron chi connectivity index (χ1n) is 5.07. The first-order chi connectivity index (χ1) is 6.67. The van der Waals surface area contributed by atoms with Gasteiger partial charge in [0.2, 0.25) is 0 Å². The topological polar surface area (TPSA) is 20.2 Å². The van der Waals surface area contributed by atoms with Gasteiger partial charge in [-0.2, -0.15) is 0 Å². The Morgan fingerprint density at radius 1 is 1.36 bits per heavy atom. The molecule has 0 aliphatic rings. The van der Waals surface area contributed by atoms with Crippen LogP contribution >= 0.6 is 22.6 Å². The fraction of sp³-hybridized carbons (Fsp3) is 0.500. The highest BCUT2D eigenvalue weighted by Gasteiger charge is 2.06. The molecule has 1 aromatic carbocycles. The van der Waals surface area contributed by atoms with Crippen molar-refractivity contribution in [1.82, 2.24) is 0 Å². The monoisotopic (exact) mass is 304 g/mol. The van der Waals surface area contributed by atoms with Crippen LogP contribution < -0.4 is 0 Å². The fourth-order valence-electron chi connectivity index (χ4n) is 1.50. The van der Waals surface area contributed by atoms with Crippen LogP contribution in [0, 0.1) is 3.57 Å². The summed E-state index contributed by atoms with van der Waals surface area (Å²) in [5.41, 5.74) is 2.64.